The first-order valence-corrected chi connectivity index (χ1v) is 7.16. The second-order valence-electron chi connectivity index (χ2n) is 4.00. The van der Waals surface area contributed by atoms with E-state index >= 15 is 0 Å². The molecule has 1 unspecified atom stereocenters. The van der Waals surface area contributed by atoms with E-state index in [9.17, 15) is 4.39 Å². The van der Waals surface area contributed by atoms with Crippen LogP contribution in [0.2, 0.25) is 0 Å². The van der Waals surface area contributed by atoms with Gasteiger partial charge >= 0.3 is 0 Å². The van der Waals surface area contributed by atoms with Gasteiger partial charge in [0.1, 0.15) is 5.82 Å². The van der Waals surface area contributed by atoms with Crippen molar-refractivity contribution in [1.29, 1.82) is 0 Å². The van der Waals surface area contributed by atoms with E-state index in [0.29, 0.717) is 0 Å². The molecule has 0 aliphatic heterocycles. The van der Waals surface area contributed by atoms with Gasteiger partial charge in [-0.1, -0.05) is 23.9 Å². The smallest absolute Gasteiger partial charge is 0.123 e. The van der Waals surface area contributed by atoms with E-state index in [-0.39, 0.29) is 11.9 Å². The number of rotatable bonds is 3. The summed E-state index contributed by atoms with van der Waals surface area (Å²) in [4.78, 5) is 2.07. The minimum Gasteiger partial charge on any atom is -0.324 e. The molecule has 0 bridgehead atoms. The Morgan fingerprint density at radius 1 is 1.17 bits per heavy atom. The fourth-order valence-electron chi connectivity index (χ4n) is 1.61. The summed E-state index contributed by atoms with van der Waals surface area (Å²) in [5, 5.41) is 0. The van der Waals surface area contributed by atoms with Crippen molar-refractivity contribution in [2.45, 2.75) is 22.8 Å². The van der Waals surface area contributed by atoms with Gasteiger partial charge in [0.2, 0.25) is 0 Å². The van der Waals surface area contributed by atoms with Gasteiger partial charge in [-0.2, -0.15) is 0 Å². The molecule has 0 fully saturated rings. The van der Waals surface area contributed by atoms with Crippen molar-refractivity contribution in [3.05, 3.63) is 58.3 Å². The summed E-state index contributed by atoms with van der Waals surface area (Å²) in [7, 11) is 0. The van der Waals surface area contributed by atoms with E-state index in [1.807, 2.05) is 31.2 Å². The van der Waals surface area contributed by atoms with Gasteiger partial charge in [-0.05, 0) is 58.7 Å². The van der Waals surface area contributed by atoms with Crippen LogP contribution in [0.25, 0.3) is 0 Å². The van der Waals surface area contributed by atoms with Crippen LogP contribution in [0.4, 0.5) is 4.39 Å². The molecule has 0 saturated heterocycles. The zero-order valence-electron chi connectivity index (χ0n) is 9.86. The lowest BCUT2D eigenvalue weighted by Crippen LogP contribution is -2.06. The molecule has 1 atom stereocenters. The van der Waals surface area contributed by atoms with E-state index in [1.165, 1.54) is 12.1 Å². The molecule has 0 aliphatic carbocycles. The molecule has 0 heterocycles. The molecule has 0 amide bonds. The highest BCUT2D eigenvalue weighted by molar-refractivity contribution is 9.10. The lowest BCUT2D eigenvalue weighted by atomic mass is 10.1. The van der Waals surface area contributed by atoms with Crippen LogP contribution in [-0.2, 0) is 0 Å². The molecule has 0 radical (unpaired) electrons. The third-order valence-corrected chi connectivity index (χ3v) is 4.64. The van der Waals surface area contributed by atoms with Crippen molar-refractivity contribution in [3.8, 4) is 0 Å². The lowest BCUT2D eigenvalue weighted by molar-refractivity contribution is 0.619. The van der Waals surface area contributed by atoms with Crippen LogP contribution in [0.5, 0.6) is 0 Å². The molecule has 4 heteroatoms. The van der Waals surface area contributed by atoms with Crippen molar-refractivity contribution in [2.75, 3.05) is 0 Å². The van der Waals surface area contributed by atoms with Crippen molar-refractivity contribution < 1.29 is 4.39 Å². The number of halogens is 2. The average molecular weight is 326 g/mol. The molecular formula is C14H13BrFNS. The minimum absolute atomic E-state index is 0.189. The summed E-state index contributed by atoms with van der Waals surface area (Å²) < 4.78 is 14.3. The Morgan fingerprint density at radius 2 is 1.89 bits per heavy atom. The lowest BCUT2D eigenvalue weighted by Gasteiger charge is -2.13. The van der Waals surface area contributed by atoms with Crippen LogP contribution < -0.4 is 5.73 Å². The number of hydrogen-bond donors (Lipinski definition) is 1. The standard InChI is InChI=1S/C14H13BrFNS/c1-9(17)11-8-10(16)6-7-13(11)18-14-5-3-2-4-12(14)15/h2-9H,17H2,1H3. The third-order valence-electron chi connectivity index (χ3n) is 2.52. The Balaban J connectivity index is 2.37. The molecule has 0 spiro atoms. The topological polar surface area (TPSA) is 26.0 Å². The zero-order chi connectivity index (χ0) is 13.1. The summed E-state index contributed by atoms with van der Waals surface area (Å²) in [6.07, 6.45) is 0. The molecule has 2 rings (SSSR count). The van der Waals surface area contributed by atoms with E-state index in [1.54, 1.807) is 17.8 Å². The van der Waals surface area contributed by atoms with Crippen LogP contribution in [0.15, 0.2) is 56.7 Å². The first-order valence-electron chi connectivity index (χ1n) is 5.55. The van der Waals surface area contributed by atoms with Crippen LogP contribution in [0.3, 0.4) is 0 Å². The molecule has 0 saturated carbocycles. The Kier molecular flexibility index (Phi) is 4.43. The van der Waals surface area contributed by atoms with E-state index in [0.717, 1.165) is 19.8 Å². The van der Waals surface area contributed by atoms with Gasteiger partial charge in [0, 0.05) is 20.3 Å². The van der Waals surface area contributed by atoms with Crippen LogP contribution in [0.1, 0.15) is 18.5 Å². The Labute approximate surface area is 119 Å². The Bertz CT molecular complexity index is 557. The maximum atomic E-state index is 13.3. The second kappa shape index (κ2) is 5.87. The molecule has 2 aromatic carbocycles. The number of hydrogen-bond acceptors (Lipinski definition) is 2. The molecule has 1 nitrogen and oxygen atoms in total. The fraction of sp³-hybridized carbons (Fsp3) is 0.143. The predicted molar refractivity (Wildman–Crippen MR) is 77.3 cm³/mol. The van der Waals surface area contributed by atoms with Gasteiger partial charge in [-0.15, -0.1) is 0 Å². The Hall–Kier alpha value is -0.840. The molecule has 18 heavy (non-hydrogen) atoms. The zero-order valence-corrected chi connectivity index (χ0v) is 12.3. The summed E-state index contributed by atoms with van der Waals surface area (Å²) in [5.74, 6) is -0.251. The molecule has 0 aromatic heterocycles. The van der Waals surface area contributed by atoms with E-state index < -0.39 is 0 Å². The SMILES string of the molecule is CC(N)c1cc(F)ccc1Sc1ccccc1Br. The quantitative estimate of drug-likeness (QED) is 0.880. The fourth-order valence-corrected chi connectivity index (χ4v) is 3.19. The maximum Gasteiger partial charge on any atom is 0.123 e. The maximum absolute atomic E-state index is 13.3. The third kappa shape index (κ3) is 3.13. The highest BCUT2D eigenvalue weighted by Crippen LogP contribution is 2.36. The van der Waals surface area contributed by atoms with Gasteiger partial charge < -0.3 is 5.73 Å². The van der Waals surface area contributed by atoms with Crippen molar-refractivity contribution in [2.24, 2.45) is 5.73 Å². The van der Waals surface area contributed by atoms with Crippen molar-refractivity contribution in [3.63, 3.8) is 0 Å². The van der Waals surface area contributed by atoms with E-state index in [4.69, 9.17) is 5.73 Å². The van der Waals surface area contributed by atoms with Crippen molar-refractivity contribution >= 4 is 27.7 Å². The first kappa shape index (κ1) is 13.6. The molecule has 2 N–H and O–H groups in total. The molecule has 0 aliphatic rings. The second-order valence-corrected chi connectivity index (χ2v) is 5.94. The highest BCUT2D eigenvalue weighted by atomic mass is 79.9. The summed E-state index contributed by atoms with van der Waals surface area (Å²) in [6, 6.07) is 12.5. The monoisotopic (exact) mass is 325 g/mol. The number of benzene rings is 2. The van der Waals surface area contributed by atoms with Gasteiger partial charge in [-0.3, -0.25) is 0 Å². The Morgan fingerprint density at radius 3 is 2.56 bits per heavy atom. The molecule has 2 aromatic rings. The summed E-state index contributed by atoms with van der Waals surface area (Å²) >= 11 is 5.09. The van der Waals surface area contributed by atoms with E-state index in [2.05, 4.69) is 15.9 Å². The largest absolute Gasteiger partial charge is 0.324 e. The van der Waals surface area contributed by atoms with Gasteiger partial charge in [-0.25, -0.2) is 4.39 Å². The van der Waals surface area contributed by atoms with Gasteiger partial charge in [0.05, 0.1) is 0 Å². The van der Waals surface area contributed by atoms with Crippen LogP contribution in [-0.4, -0.2) is 0 Å². The van der Waals surface area contributed by atoms with Crippen molar-refractivity contribution in [1.82, 2.24) is 0 Å². The minimum atomic E-state index is -0.251. The molecular weight excluding hydrogens is 313 g/mol. The summed E-state index contributed by atoms with van der Waals surface area (Å²) in [5.41, 5.74) is 6.71. The van der Waals surface area contributed by atoms with Gasteiger partial charge in [0.15, 0.2) is 0 Å². The number of nitrogens with two attached hydrogens (primary N) is 1. The predicted octanol–water partition coefficient (Wildman–Crippen LogP) is 4.76. The average Bonchev–Trinajstić information content (AvgIpc) is 2.34. The van der Waals surface area contributed by atoms with Gasteiger partial charge in [0.25, 0.3) is 0 Å². The van der Waals surface area contributed by atoms with Crippen LogP contribution >= 0.6 is 27.7 Å². The highest BCUT2D eigenvalue weighted by Gasteiger charge is 2.10. The van der Waals surface area contributed by atoms with Crippen LogP contribution in [0, 0.1) is 5.82 Å². The summed E-state index contributed by atoms with van der Waals surface area (Å²) in [6.45, 7) is 1.86. The molecule has 94 valence electrons. The normalized spacial score (nSPS) is 12.4. The first-order chi connectivity index (χ1) is 8.58.